The molecule has 0 aliphatic carbocycles. The van der Waals surface area contributed by atoms with Gasteiger partial charge < -0.3 is 20.3 Å². The first-order chi connectivity index (χ1) is 11.3. The molecule has 0 radical (unpaired) electrons. The topological polar surface area (TPSA) is 95.9 Å². The molecule has 0 aromatic heterocycles. The Kier molecular flexibility index (Phi) is 3.97. The van der Waals surface area contributed by atoms with Crippen LogP contribution in [0.3, 0.4) is 0 Å². The van der Waals surface area contributed by atoms with Crippen LogP contribution in [0.1, 0.15) is 25.8 Å². The molecular weight excluding hydrogens is 310 g/mol. The lowest BCUT2D eigenvalue weighted by atomic mass is 9.84. The number of aliphatic hydroxyl groups excluding tert-OH is 1. The lowest BCUT2D eigenvalue weighted by Gasteiger charge is -2.34. The maximum atomic E-state index is 12.5. The quantitative estimate of drug-likeness (QED) is 0.705. The Hall–Kier alpha value is -2.18. The van der Waals surface area contributed by atoms with Crippen molar-refractivity contribution in [3.63, 3.8) is 0 Å². The van der Waals surface area contributed by atoms with E-state index in [2.05, 4.69) is 5.32 Å². The summed E-state index contributed by atoms with van der Waals surface area (Å²) in [7, 11) is 0. The first-order valence-corrected chi connectivity index (χ1v) is 8.05. The highest BCUT2D eigenvalue weighted by molar-refractivity contribution is 6.18. The zero-order valence-corrected chi connectivity index (χ0v) is 13.7. The van der Waals surface area contributed by atoms with E-state index < -0.39 is 35.0 Å². The number of hydrogen-bond acceptors (Lipinski definition) is 5. The van der Waals surface area contributed by atoms with Crippen molar-refractivity contribution in [2.45, 2.75) is 44.1 Å². The van der Waals surface area contributed by atoms with Crippen LogP contribution in [0.5, 0.6) is 0 Å². The van der Waals surface area contributed by atoms with Crippen LogP contribution >= 0.6 is 0 Å². The van der Waals surface area contributed by atoms with Crippen molar-refractivity contribution in [3.8, 4) is 0 Å². The third kappa shape index (κ3) is 2.25. The van der Waals surface area contributed by atoms with Crippen LogP contribution < -0.4 is 5.32 Å². The van der Waals surface area contributed by atoms with Crippen LogP contribution in [0.4, 0.5) is 0 Å². The fourth-order valence-electron chi connectivity index (χ4n) is 3.25. The van der Waals surface area contributed by atoms with E-state index in [4.69, 9.17) is 4.74 Å². The summed E-state index contributed by atoms with van der Waals surface area (Å²) in [5, 5.41) is 23.7. The Bertz CT molecular complexity index is 701. The molecule has 2 aliphatic rings. The summed E-state index contributed by atoms with van der Waals surface area (Å²) in [6.45, 7) is 3.52. The molecule has 2 aliphatic heterocycles. The number of ether oxygens (including phenoxy) is 1. The van der Waals surface area contributed by atoms with Crippen LogP contribution in [-0.2, 0) is 20.7 Å². The Morgan fingerprint density at radius 3 is 2.58 bits per heavy atom. The minimum atomic E-state index is -2.09. The van der Waals surface area contributed by atoms with E-state index in [0.717, 1.165) is 5.56 Å². The van der Waals surface area contributed by atoms with Crippen molar-refractivity contribution in [3.05, 3.63) is 47.7 Å². The highest BCUT2D eigenvalue weighted by Crippen LogP contribution is 2.42. The molecule has 128 valence electrons. The molecular formula is C18H21NO5. The van der Waals surface area contributed by atoms with Gasteiger partial charge in [0, 0.05) is 18.4 Å². The number of nitrogens with one attached hydrogen (secondary N) is 1. The summed E-state index contributed by atoms with van der Waals surface area (Å²) < 4.78 is 5.63. The maximum absolute atomic E-state index is 12.5. The highest BCUT2D eigenvalue weighted by Gasteiger charge is 2.70. The van der Waals surface area contributed by atoms with Gasteiger partial charge in [-0.3, -0.25) is 9.59 Å². The fraction of sp³-hybridized carbons (Fsp3) is 0.444. The van der Waals surface area contributed by atoms with E-state index in [1.165, 1.54) is 6.08 Å². The maximum Gasteiger partial charge on any atom is 0.277 e. The van der Waals surface area contributed by atoms with Gasteiger partial charge in [0.2, 0.25) is 5.78 Å². The number of ketones is 1. The van der Waals surface area contributed by atoms with Gasteiger partial charge in [0.1, 0.15) is 5.76 Å². The minimum absolute atomic E-state index is 0.300. The molecule has 1 fully saturated rings. The van der Waals surface area contributed by atoms with Gasteiger partial charge in [-0.1, -0.05) is 44.2 Å². The predicted octanol–water partition coefficient (Wildman–Crippen LogP) is 0.676. The molecule has 6 heteroatoms. The Balaban J connectivity index is 1.87. The van der Waals surface area contributed by atoms with Gasteiger partial charge in [0.05, 0.1) is 0 Å². The molecule has 1 amide bonds. The third-order valence-corrected chi connectivity index (χ3v) is 4.99. The number of aliphatic hydroxyl groups is 2. The van der Waals surface area contributed by atoms with Crippen molar-refractivity contribution in [2.24, 2.45) is 5.92 Å². The Morgan fingerprint density at radius 1 is 1.29 bits per heavy atom. The van der Waals surface area contributed by atoms with Crippen LogP contribution in [0, 0.1) is 5.92 Å². The molecule has 6 nitrogen and oxygen atoms in total. The molecule has 4 atom stereocenters. The van der Waals surface area contributed by atoms with Crippen molar-refractivity contribution in [2.75, 3.05) is 0 Å². The molecule has 1 spiro atoms. The van der Waals surface area contributed by atoms with Crippen LogP contribution in [0.15, 0.2) is 42.2 Å². The predicted molar refractivity (Wildman–Crippen MR) is 85.6 cm³/mol. The van der Waals surface area contributed by atoms with E-state index in [-0.39, 0.29) is 0 Å². The molecule has 0 saturated carbocycles. The summed E-state index contributed by atoms with van der Waals surface area (Å²) in [5.74, 6) is -1.58. The monoisotopic (exact) mass is 331 g/mol. The smallest absolute Gasteiger partial charge is 0.277 e. The van der Waals surface area contributed by atoms with Crippen LogP contribution in [0.25, 0.3) is 0 Å². The lowest BCUT2D eigenvalue weighted by molar-refractivity contribution is -0.169. The van der Waals surface area contributed by atoms with Gasteiger partial charge in [0.25, 0.3) is 11.5 Å². The van der Waals surface area contributed by atoms with Gasteiger partial charge in [-0.15, -0.1) is 0 Å². The molecule has 3 N–H and O–H groups in total. The van der Waals surface area contributed by atoms with Gasteiger partial charge in [0.15, 0.2) is 11.8 Å². The SMILES string of the molecule is CC[C@H](C)[C@]1(O)NC(=O)[C@]2(OC(Cc3ccccc3)=CC2=O)[C@@H]1O. The van der Waals surface area contributed by atoms with E-state index >= 15 is 0 Å². The van der Waals surface area contributed by atoms with Crippen molar-refractivity contribution >= 4 is 11.7 Å². The van der Waals surface area contributed by atoms with Gasteiger partial charge in [-0.2, -0.15) is 0 Å². The number of rotatable bonds is 4. The molecule has 1 aromatic rings. The van der Waals surface area contributed by atoms with Crippen LogP contribution in [0.2, 0.25) is 0 Å². The van der Waals surface area contributed by atoms with E-state index in [9.17, 15) is 19.8 Å². The first-order valence-electron chi connectivity index (χ1n) is 8.05. The number of benzene rings is 1. The normalized spacial score (nSPS) is 33.3. The summed E-state index contributed by atoms with van der Waals surface area (Å²) >= 11 is 0. The Labute approximate surface area is 140 Å². The number of allylic oxidation sites excluding steroid dienone is 1. The summed E-state index contributed by atoms with van der Waals surface area (Å²) in [6, 6.07) is 9.35. The summed E-state index contributed by atoms with van der Waals surface area (Å²) in [4.78, 5) is 24.9. The van der Waals surface area contributed by atoms with Gasteiger partial charge >= 0.3 is 0 Å². The third-order valence-electron chi connectivity index (χ3n) is 4.99. The van der Waals surface area contributed by atoms with Gasteiger partial charge in [-0.05, 0) is 12.0 Å². The van der Waals surface area contributed by atoms with E-state index in [1.54, 1.807) is 6.92 Å². The second kappa shape index (κ2) is 5.72. The summed E-state index contributed by atoms with van der Waals surface area (Å²) in [6.07, 6.45) is 0.404. The van der Waals surface area contributed by atoms with Gasteiger partial charge in [-0.25, -0.2) is 0 Å². The highest BCUT2D eigenvalue weighted by atomic mass is 16.5. The standard InChI is InChI=1S/C18H21NO5/c1-3-11(2)18(23)15(21)17(16(22)19-18)14(20)10-13(24-17)9-12-7-5-4-6-8-12/h4-8,10-11,15,21,23H,3,9H2,1-2H3,(H,19,22)/t11-,15-,17+,18+/m0/s1. The largest absolute Gasteiger partial charge is 0.470 e. The summed E-state index contributed by atoms with van der Waals surface area (Å²) in [5.41, 5.74) is -3.07. The molecule has 0 bridgehead atoms. The second-order valence-corrected chi connectivity index (χ2v) is 6.47. The zero-order valence-electron chi connectivity index (χ0n) is 13.7. The minimum Gasteiger partial charge on any atom is -0.470 e. The molecule has 2 heterocycles. The first kappa shape index (κ1) is 16.7. The average molecular weight is 331 g/mol. The van der Waals surface area contributed by atoms with E-state index in [1.807, 2.05) is 37.3 Å². The van der Waals surface area contributed by atoms with Crippen molar-refractivity contribution in [1.29, 1.82) is 0 Å². The average Bonchev–Trinajstić information content (AvgIpc) is 2.99. The fourth-order valence-corrected chi connectivity index (χ4v) is 3.25. The Morgan fingerprint density at radius 2 is 1.96 bits per heavy atom. The van der Waals surface area contributed by atoms with Crippen molar-refractivity contribution < 1.29 is 24.5 Å². The molecule has 1 saturated heterocycles. The number of hydrogen-bond donors (Lipinski definition) is 3. The zero-order chi connectivity index (χ0) is 17.5. The van der Waals surface area contributed by atoms with E-state index in [0.29, 0.717) is 18.6 Å². The number of carbonyl (C=O) groups is 2. The molecule has 24 heavy (non-hydrogen) atoms. The number of carbonyl (C=O) groups excluding carboxylic acids is 2. The second-order valence-electron chi connectivity index (χ2n) is 6.47. The molecule has 0 unspecified atom stereocenters. The lowest BCUT2D eigenvalue weighted by Crippen LogP contribution is -2.58. The van der Waals surface area contributed by atoms with Crippen molar-refractivity contribution in [1.82, 2.24) is 5.32 Å². The number of amides is 1. The van der Waals surface area contributed by atoms with Crippen LogP contribution in [-0.4, -0.2) is 39.3 Å². The molecule has 1 aromatic carbocycles. The molecule has 3 rings (SSSR count).